The first kappa shape index (κ1) is 14.3. The van der Waals surface area contributed by atoms with Gasteiger partial charge in [0.25, 0.3) is 0 Å². The molecule has 2 N–H and O–H groups in total. The number of rotatable bonds is 4. The smallest absolute Gasteiger partial charge is 0.231 e. The van der Waals surface area contributed by atoms with Crippen molar-refractivity contribution in [3.05, 3.63) is 46.5 Å². The number of nitrogens with zero attached hydrogens (tertiary/aromatic N) is 2. The molecule has 0 unspecified atom stereocenters. The van der Waals surface area contributed by atoms with Gasteiger partial charge in [-0.15, -0.1) is 0 Å². The Bertz CT molecular complexity index is 620. The quantitative estimate of drug-likeness (QED) is 0.892. The molecular weight excluding hydrogens is 332 g/mol. The number of hydrogen-bond donors (Lipinski definition) is 2. The maximum absolute atomic E-state index is 12.8. The first-order valence-corrected chi connectivity index (χ1v) is 7.89. The third-order valence-electron chi connectivity index (χ3n) is 4.15. The molecule has 1 amide bonds. The van der Waals surface area contributed by atoms with Crippen LogP contribution in [-0.2, 0) is 16.8 Å². The van der Waals surface area contributed by atoms with Gasteiger partial charge in [0, 0.05) is 4.47 Å². The van der Waals surface area contributed by atoms with Crippen LogP contribution >= 0.6 is 15.9 Å². The summed E-state index contributed by atoms with van der Waals surface area (Å²) in [6, 6.07) is 8.07. The van der Waals surface area contributed by atoms with Gasteiger partial charge in [-0.1, -0.05) is 40.9 Å². The molecule has 1 fully saturated rings. The van der Waals surface area contributed by atoms with Crippen molar-refractivity contribution in [1.82, 2.24) is 20.5 Å². The average molecular weight is 349 g/mol. The van der Waals surface area contributed by atoms with Crippen LogP contribution in [0.4, 0.5) is 0 Å². The second-order valence-electron chi connectivity index (χ2n) is 5.41. The van der Waals surface area contributed by atoms with E-state index in [9.17, 15) is 4.79 Å². The fourth-order valence-corrected chi connectivity index (χ4v) is 3.46. The summed E-state index contributed by atoms with van der Waals surface area (Å²) in [5, 5.41) is 9.55. The first-order valence-electron chi connectivity index (χ1n) is 7.09. The molecule has 0 bridgehead atoms. The molecule has 0 saturated heterocycles. The molecule has 5 nitrogen and oxygen atoms in total. The second kappa shape index (κ2) is 5.97. The minimum Gasteiger partial charge on any atom is -0.348 e. The molecule has 0 atom stereocenters. The van der Waals surface area contributed by atoms with E-state index in [1.165, 1.54) is 6.33 Å². The van der Waals surface area contributed by atoms with E-state index in [2.05, 4.69) is 42.5 Å². The molecule has 0 radical (unpaired) electrons. The van der Waals surface area contributed by atoms with E-state index in [0.29, 0.717) is 12.4 Å². The second-order valence-corrected chi connectivity index (χ2v) is 6.33. The molecule has 0 spiro atoms. The van der Waals surface area contributed by atoms with Gasteiger partial charge in [-0.05, 0) is 30.5 Å². The zero-order valence-corrected chi connectivity index (χ0v) is 13.2. The van der Waals surface area contributed by atoms with E-state index in [1.807, 2.05) is 18.2 Å². The SMILES string of the molecule is O=C(NCc1ncn[nH]1)C1(c2cccc(Br)c2)CCCC1. The molecule has 0 aliphatic heterocycles. The van der Waals surface area contributed by atoms with Gasteiger partial charge >= 0.3 is 0 Å². The Labute approximate surface area is 131 Å². The summed E-state index contributed by atoms with van der Waals surface area (Å²) in [4.78, 5) is 16.8. The zero-order chi connectivity index (χ0) is 14.7. The summed E-state index contributed by atoms with van der Waals surface area (Å²) in [5.41, 5.74) is 0.675. The van der Waals surface area contributed by atoms with Crippen LogP contribution in [0.2, 0.25) is 0 Å². The van der Waals surface area contributed by atoms with Crippen molar-refractivity contribution >= 4 is 21.8 Å². The van der Waals surface area contributed by atoms with Crippen LogP contribution in [0.15, 0.2) is 35.1 Å². The Balaban J connectivity index is 1.81. The van der Waals surface area contributed by atoms with Crippen molar-refractivity contribution in [2.24, 2.45) is 0 Å². The van der Waals surface area contributed by atoms with Gasteiger partial charge < -0.3 is 5.32 Å². The Morgan fingerprint density at radius 3 is 2.86 bits per heavy atom. The fourth-order valence-electron chi connectivity index (χ4n) is 3.06. The summed E-state index contributed by atoms with van der Waals surface area (Å²) < 4.78 is 1.01. The molecule has 1 saturated carbocycles. The van der Waals surface area contributed by atoms with Crippen LogP contribution in [-0.4, -0.2) is 21.1 Å². The highest BCUT2D eigenvalue weighted by Gasteiger charge is 2.42. The molecule has 21 heavy (non-hydrogen) atoms. The Morgan fingerprint density at radius 1 is 1.38 bits per heavy atom. The van der Waals surface area contributed by atoms with Crippen LogP contribution in [0.5, 0.6) is 0 Å². The molecule has 1 aromatic carbocycles. The maximum atomic E-state index is 12.8. The monoisotopic (exact) mass is 348 g/mol. The summed E-state index contributed by atoms with van der Waals surface area (Å²) in [5.74, 6) is 0.750. The number of carbonyl (C=O) groups excluding carboxylic acids is 1. The van der Waals surface area contributed by atoms with Gasteiger partial charge in [-0.3, -0.25) is 9.89 Å². The summed E-state index contributed by atoms with van der Waals surface area (Å²) in [7, 11) is 0. The molecule has 1 aromatic heterocycles. The van der Waals surface area contributed by atoms with Crippen molar-refractivity contribution in [3.63, 3.8) is 0 Å². The third kappa shape index (κ3) is 2.85. The topological polar surface area (TPSA) is 70.7 Å². The summed E-state index contributed by atoms with van der Waals surface area (Å²) in [6.45, 7) is 0.384. The van der Waals surface area contributed by atoms with Gasteiger partial charge in [-0.2, -0.15) is 5.10 Å². The molecule has 3 rings (SSSR count). The van der Waals surface area contributed by atoms with Gasteiger partial charge in [0.15, 0.2) is 0 Å². The number of carbonyl (C=O) groups is 1. The largest absolute Gasteiger partial charge is 0.348 e. The number of H-pyrrole nitrogens is 1. The number of benzene rings is 1. The lowest BCUT2D eigenvalue weighted by Gasteiger charge is -2.28. The van der Waals surface area contributed by atoms with Crippen molar-refractivity contribution in [2.45, 2.75) is 37.6 Å². The van der Waals surface area contributed by atoms with Crippen LogP contribution in [0, 0.1) is 0 Å². The Kier molecular flexibility index (Phi) is 4.05. The number of hydrogen-bond acceptors (Lipinski definition) is 3. The van der Waals surface area contributed by atoms with E-state index >= 15 is 0 Å². The van der Waals surface area contributed by atoms with E-state index < -0.39 is 5.41 Å². The standard InChI is InChI=1S/C15H17BrN4O/c16-12-5-3-4-11(8-12)15(6-1-2-7-15)14(21)17-9-13-18-10-19-20-13/h3-5,8,10H,1-2,6-7,9H2,(H,17,21)(H,18,19,20). The summed E-state index contributed by atoms with van der Waals surface area (Å²) in [6.07, 6.45) is 5.41. The van der Waals surface area contributed by atoms with E-state index in [0.717, 1.165) is 35.7 Å². The van der Waals surface area contributed by atoms with Crippen molar-refractivity contribution in [2.75, 3.05) is 0 Å². The minimum atomic E-state index is -0.413. The average Bonchev–Trinajstić information content (AvgIpc) is 3.17. The molecule has 1 heterocycles. The number of halogens is 1. The predicted molar refractivity (Wildman–Crippen MR) is 82.5 cm³/mol. The van der Waals surface area contributed by atoms with Gasteiger partial charge in [0.2, 0.25) is 5.91 Å². The van der Waals surface area contributed by atoms with Crippen molar-refractivity contribution in [1.29, 1.82) is 0 Å². The number of aromatic amines is 1. The molecule has 6 heteroatoms. The van der Waals surface area contributed by atoms with Gasteiger partial charge in [-0.25, -0.2) is 4.98 Å². The van der Waals surface area contributed by atoms with E-state index in [-0.39, 0.29) is 5.91 Å². The fraction of sp³-hybridized carbons (Fsp3) is 0.400. The lowest BCUT2D eigenvalue weighted by molar-refractivity contribution is -0.126. The van der Waals surface area contributed by atoms with Crippen LogP contribution in [0.25, 0.3) is 0 Å². The van der Waals surface area contributed by atoms with Crippen molar-refractivity contribution < 1.29 is 4.79 Å². The number of aromatic nitrogens is 3. The van der Waals surface area contributed by atoms with Gasteiger partial charge in [0.05, 0.1) is 12.0 Å². The van der Waals surface area contributed by atoms with Crippen LogP contribution in [0.1, 0.15) is 37.1 Å². The molecule has 1 aliphatic carbocycles. The van der Waals surface area contributed by atoms with Gasteiger partial charge in [0.1, 0.15) is 12.2 Å². The molecule has 110 valence electrons. The highest BCUT2D eigenvalue weighted by molar-refractivity contribution is 9.10. The molecular formula is C15H17BrN4O. The number of amides is 1. The zero-order valence-electron chi connectivity index (χ0n) is 11.6. The molecule has 1 aliphatic rings. The Hall–Kier alpha value is -1.69. The third-order valence-corrected chi connectivity index (χ3v) is 4.64. The van der Waals surface area contributed by atoms with Crippen LogP contribution in [0.3, 0.4) is 0 Å². The van der Waals surface area contributed by atoms with E-state index in [1.54, 1.807) is 0 Å². The maximum Gasteiger partial charge on any atom is 0.231 e. The highest BCUT2D eigenvalue weighted by atomic mass is 79.9. The lowest BCUT2D eigenvalue weighted by Crippen LogP contribution is -2.42. The molecule has 2 aromatic rings. The predicted octanol–water partition coefficient (Wildman–Crippen LogP) is 2.70. The first-order chi connectivity index (χ1) is 10.2. The van der Waals surface area contributed by atoms with E-state index in [4.69, 9.17) is 0 Å². The minimum absolute atomic E-state index is 0.0782. The van der Waals surface area contributed by atoms with Crippen LogP contribution < -0.4 is 5.32 Å². The van der Waals surface area contributed by atoms with Crippen molar-refractivity contribution in [3.8, 4) is 0 Å². The normalized spacial score (nSPS) is 16.8. The highest BCUT2D eigenvalue weighted by Crippen LogP contribution is 2.42. The number of nitrogens with one attached hydrogen (secondary N) is 2. The Morgan fingerprint density at radius 2 is 2.19 bits per heavy atom. The lowest BCUT2D eigenvalue weighted by atomic mass is 9.78. The summed E-state index contributed by atoms with van der Waals surface area (Å²) >= 11 is 3.50.